The SMILES string of the molecule is CC(O)C(N)c1nc(C(C)(C)C)nn1C. The summed E-state index contributed by atoms with van der Waals surface area (Å²) in [6.07, 6.45) is -0.624. The lowest BCUT2D eigenvalue weighted by molar-refractivity contribution is 0.158. The molecular formula is C10H20N4O. The fraction of sp³-hybridized carbons (Fsp3) is 0.800. The molecule has 15 heavy (non-hydrogen) atoms. The highest BCUT2D eigenvalue weighted by Gasteiger charge is 2.24. The average molecular weight is 212 g/mol. The molecule has 0 bridgehead atoms. The Kier molecular flexibility index (Phi) is 3.16. The molecule has 2 atom stereocenters. The fourth-order valence-corrected chi connectivity index (χ4v) is 1.22. The van der Waals surface area contributed by atoms with Crippen LogP contribution in [0.25, 0.3) is 0 Å². The lowest BCUT2D eigenvalue weighted by atomic mass is 9.96. The highest BCUT2D eigenvalue weighted by atomic mass is 16.3. The van der Waals surface area contributed by atoms with Crippen molar-refractivity contribution in [3.05, 3.63) is 11.6 Å². The second-order valence-electron chi connectivity index (χ2n) is 4.93. The number of hydrogen-bond acceptors (Lipinski definition) is 4. The summed E-state index contributed by atoms with van der Waals surface area (Å²) in [4.78, 5) is 4.37. The minimum atomic E-state index is -0.624. The van der Waals surface area contributed by atoms with Crippen molar-refractivity contribution in [2.24, 2.45) is 12.8 Å². The molecule has 0 aliphatic carbocycles. The number of aryl methyl sites for hydroxylation is 1. The van der Waals surface area contributed by atoms with Crippen LogP contribution in [0.15, 0.2) is 0 Å². The summed E-state index contributed by atoms with van der Waals surface area (Å²) in [6.45, 7) is 7.77. The Bertz CT molecular complexity index is 338. The minimum absolute atomic E-state index is 0.103. The van der Waals surface area contributed by atoms with Crippen LogP contribution in [0.3, 0.4) is 0 Å². The molecule has 0 spiro atoms. The number of hydrogen-bond donors (Lipinski definition) is 2. The third kappa shape index (κ3) is 2.54. The van der Waals surface area contributed by atoms with E-state index in [1.807, 2.05) is 20.8 Å². The van der Waals surface area contributed by atoms with E-state index < -0.39 is 12.1 Å². The number of rotatable bonds is 2. The largest absolute Gasteiger partial charge is 0.391 e. The molecule has 1 heterocycles. The van der Waals surface area contributed by atoms with Crippen molar-refractivity contribution < 1.29 is 5.11 Å². The Morgan fingerprint density at radius 2 is 1.93 bits per heavy atom. The summed E-state index contributed by atoms with van der Waals surface area (Å²) in [5.41, 5.74) is 5.72. The molecule has 3 N–H and O–H groups in total. The number of nitrogens with two attached hydrogens (primary N) is 1. The van der Waals surface area contributed by atoms with Gasteiger partial charge in [-0.15, -0.1) is 0 Å². The summed E-state index contributed by atoms with van der Waals surface area (Å²) < 4.78 is 1.64. The molecule has 1 rings (SSSR count). The molecule has 0 aliphatic rings. The van der Waals surface area contributed by atoms with Gasteiger partial charge in [0.1, 0.15) is 5.82 Å². The van der Waals surface area contributed by atoms with E-state index in [-0.39, 0.29) is 5.41 Å². The molecule has 0 aliphatic heterocycles. The number of aromatic nitrogens is 3. The number of aliphatic hydroxyl groups is 1. The zero-order valence-corrected chi connectivity index (χ0v) is 10.0. The topological polar surface area (TPSA) is 77.0 Å². The zero-order valence-electron chi connectivity index (χ0n) is 10.0. The van der Waals surface area contributed by atoms with Gasteiger partial charge in [-0.05, 0) is 6.92 Å². The third-order valence-electron chi connectivity index (χ3n) is 2.29. The maximum Gasteiger partial charge on any atom is 0.156 e. The van der Waals surface area contributed by atoms with Gasteiger partial charge in [0.2, 0.25) is 0 Å². The summed E-state index contributed by atoms with van der Waals surface area (Å²) in [6, 6.07) is -0.487. The summed E-state index contributed by atoms with van der Waals surface area (Å²) in [7, 11) is 1.79. The Hall–Kier alpha value is -0.940. The molecule has 86 valence electrons. The number of nitrogens with zero attached hydrogens (tertiary/aromatic N) is 3. The smallest absolute Gasteiger partial charge is 0.156 e. The summed E-state index contributed by atoms with van der Waals surface area (Å²) >= 11 is 0. The second-order valence-corrected chi connectivity index (χ2v) is 4.93. The van der Waals surface area contributed by atoms with Crippen LogP contribution in [-0.2, 0) is 12.5 Å². The second kappa shape index (κ2) is 3.90. The Labute approximate surface area is 90.3 Å². The maximum atomic E-state index is 9.40. The summed E-state index contributed by atoms with van der Waals surface area (Å²) in [5.74, 6) is 1.37. The van der Waals surface area contributed by atoms with Crippen LogP contribution >= 0.6 is 0 Å². The molecular weight excluding hydrogens is 192 g/mol. The van der Waals surface area contributed by atoms with E-state index in [1.54, 1.807) is 18.7 Å². The van der Waals surface area contributed by atoms with Gasteiger partial charge < -0.3 is 10.8 Å². The maximum absolute atomic E-state index is 9.40. The quantitative estimate of drug-likeness (QED) is 0.748. The predicted octanol–water partition coefficient (Wildman–Crippen LogP) is 0.493. The van der Waals surface area contributed by atoms with E-state index >= 15 is 0 Å². The van der Waals surface area contributed by atoms with Gasteiger partial charge in [-0.25, -0.2) is 4.98 Å². The van der Waals surface area contributed by atoms with Gasteiger partial charge >= 0.3 is 0 Å². The van der Waals surface area contributed by atoms with E-state index in [2.05, 4.69) is 10.1 Å². The monoisotopic (exact) mass is 212 g/mol. The molecule has 0 saturated heterocycles. The standard InChI is InChI=1S/C10H20N4O/c1-6(15)7(11)8-12-9(10(2,3)4)13-14(8)5/h6-7,15H,11H2,1-5H3. The Morgan fingerprint density at radius 3 is 2.27 bits per heavy atom. The lowest BCUT2D eigenvalue weighted by Gasteiger charge is -2.13. The average Bonchev–Trinajstić information content (AvgIpc) is 2.45. The Morgan fingerprint density at radius 1 is 1.40 bits per heavy atom. The van der Waals surface area contributed by atoms with Crippen molar-refractivity contribution in [1.82, 2.24) is 14.8 Å². The molecule has 1 aromatic rings. The van der Waals surface area contributed by atoms with E-state index in [1.165, 1.54) is 0 Å². The van der Waals surface area contributed by atoms with Crippen LogP contribution in [0.5, 0.6) is 0 Å². The lowest BCUT2D eigenvalue weighted by Crippen LogP contribution is -2.26. The summed E-state index contributed by atoms with van der Waals surface area (Å²) in [5, 5.41) is 13.7. The van der Waals surface area contributed by atoms with Crippen molar-refractivity contribution >= 4 is 0 Å². The first-order chi connectivity index (χ1) is 6.73. The van der Waals surface area contributed by atoms with Crippen molar-refractivity contribution in [2.75, 3.05) is 0 Å². The molecule has 0 radical (unpaired) electrons. The highest BCUT2D eigenvalue weighted by Crippen LogP contribution is 2.20. The van der Waals surface area contributed by atoms with Crippen LogP contribution in [-0.4, -0.2) is 26.0 Å². The Balaban J connectivity index is 3.07. The molecule has 5 nitrogen and oxygen atoms in total. The first-order valence-corrected chi connectivity index (χ1v) is 5.08. The third-order valence-corrected chi connectivity index (χ3v) is 2.29. The van der Waals surface area contributed by atoms with E-state index in [0.29, 0.717) is 5.82 Å². The van der Waals surface area contributed by atoms with Gasteiger partial charge in [0, 0.05) is 12.5 Å². The van der Waals surface area contributed by atoms with E-state index in [9.17, 15) is 5.11 Å². The molecule has 0 amide bonds. The van der Waals surface area contributed by atoms with Gasteiger partial charge in [-0.3, -0.25) is 4.68 Å². The van der Waals surface area contributed by atoms with Crippen LogP contribution < -0.4 is 5.73 Å². The van der Waals surface area contributed by atoms with Gasteiger partial charge in [0.15, 0.2) is 5.82 Å². The molecule has 2 unspecified atom stereocenters. The zero-order chi connectivity index (χ0) is 11.8. The molecule has 5 heteroatoms. The highest BCUT2D eigenvalue weighted by molar-refractivity contribution is 5.06. The van der Waals surface area contributed by atoms with Crippen molar-refractivity contribution in [2.45, 2.75) is 45.3 Å². The van der Waals surface area contributed by atoms with Crippen LogP contribution in [0.4, 0.5) is 0 Å². The van der Waals surface area contributed by atoms with E-state index in [0.717, 1.165) is 5.82 Å². The van der Waals surface area contributed by atoms with Crippen LogP contribution in [0, 0.1) is 0 Å². The molecule has 1 aromatic heterocycles. The minimum Gasteiger partial charge on any atom is -0.391 e. The molecule has 0 fully saturated rings. The van der Waals surface area contributed by atoms with Crippen molar-refractivity contribution in [3.63, 3.8) is 0 Å². The number of aliphatic hydroxyl groups excluding tert-OH is 1. The van der Waals surface area contributed by atoms with Crippen LogP contribution in [0.1, 0.15) is 45.4 Å². The molecule has 0 saturated carbocycles. The normalized spacial score (nSPS) is 16.5. The van der Waals surface area contributed by atoms with Crippen molar-refractivity contribution in [3.8, 4) is 0 Å². The van der Waals surface area contributed by atoms with Gasteiger partial charge in [-0.2, -0.15) is 5.10 Å². The van der Waals surface area contributed by atoms with Crippen LogP contribution in [0.2, 0.25) is 0 Å². The fourth-order valence-electron chi connectivity index (χ4n) is 1.22. The van der Waals surface area contributed by atoms with Crippen molar-refractivity contribution in [1.29, 1.82) is 0 Å². The first-order valence-electron chi connectivity index (χ1n) is 5.08. The van der Waals surface area contributed by atoms with Gasteiger partial charge in [0.05, 0.1) is 12.1 Å². The van der Waals surface area contributed by atoms with Gasteiger partial charge in [-0.1, -0.05) is 20.8 Å². The molecule has 0 aromatic carbocycles. The van der Waals surface area contributed by atoms with E-state index in [4.69, 9.17) is 5.73 Å². The predicted molar refractivity (Wildman–Crippen MR) is 58.3 cm³/mol. The first kappa shape index (κ1) is 12.1. The van der Waals surface area contributed by atoms with Gasteiger partial charge in [0.25, 0.3) is 0 Å².